The second kappa shape index (κ2) is 6.81. The van der Waals surface area contributed by atoms with E-state index in [1.807, 2.05) is 71.7 Å². The van der Waals surface area contributed by atoms with Gasteiger partial charge in [-0.05, 0) is 35.9 Å². The number of hydrogen-bond acceptors (Lipinski definition) is 2. The van der Waals surface area contributed by atoms with Crippen molar-refractivity contribution in [2.45, 2.75) is 12.5 Å². The summed E-state index contributed by atoms with van der Waals surface area (Å²) in [5, 5.41) is 6.75. The quantitative estimate of drug-likeness (QED) is 0.536. The van der Waals surface area contributed by atoms with Crippen molar-refractivity contribution in [2.75, 3.05) is 5.01 Å². The lowest BCUT2D eigenvalue weighted by Crippen LogP contribution is -2.19. The fraction of sp³-hybridized carbons (Fsp3) is 0.0952. The maximum atomic E-state index is 14.4. The molecule has 0 fully saturated rings. The van der Waals surface area contributed by atoms with Crippen LogP contribution in [0, 0.1) is 5.82 Å². The van der Waals surface area contributed by atoms with E-state index in [0.717, 1.165) is 21.4 Å². The number of para-hydroxylation sites is 1. The number of hydrogen-bond donors (Lipinski definition) is 0. The highest BCUT2D eigenvalue weighted by molar-refractivity contribution is 9.10. The minimum absolute atomic E-state index is 0.151. The number of hydrazone groups is 1. The lowest BCUT2D eigenvalue weighted by atomic mass is 9.98. The summed E-state index contributed by atoms with van der Waals surface area (Å²) in [6, 6.07) is 24.8. The average molecular weight is 395 g/mol. The second-order valence-corrected chi connectivity index (χ2v) is 6.89. The van der Waals surface area contributed by atoms with Gasteiger partial charge >= 0.3 is 0 Å². The van der Waals surface area contributed by atoms with E-state index >= 15 is 0 Å². The van der Waals surface area contributed by atoms with Crippen LogP contribution in [-0.4, -0.2) is 5.71 Å². The van der Waals surface area contributed by atoms with Gasteiger partial charge in [-0.2, -0.15) is 5.10 Å². The maximum absolute atomic E-state index is 14.4. The van der Waals surface area contributed by atoms with Gasteiger partial charge in [-0.3, -0.25) is 5.01 Å². The van der Waals surface area contributed by atoms with E-state index in [2.05, 4.69) is 15.9 Å². The van der Waals surface area contributed by atoms with Crippen LogP contribution in [0.15, 0.2) is 88.4 Å². The minimum Gasteiger partial charge on any atom is -0.257 e. The van der Waals surface area contributed by atoms with Crippen LogP contribution >= 0.6 is 15.9 Å². The molecular weight excluding hydrogens is 379 g/mol. The van der Waals surface area contributed by atoms with Crippen LogP contribution in [0.4, 0.5) is 10.1 Å². The van der Waals surface area contributed by atoms with Gasteiger partial charge < -0.3 is 0 Å². The minimum atomic E-state index is -0.194. The van der Waals surface area contributed by atoms with Crippen molar-refractivity contribution in [3.05, 3.63) is 100 Å². The summed E-state index contributed by atoms with van der Waals surface area (Å²) in [5.41, 5.74) is 3.65. The molecule has 0 N–H and O–H groups in total. The summed E-state index contributed by atoms with van der Waals surface area (Å²) in [5.74, 6) is -0.194. The number of benzene rings is 3. The Kier molecular flexibility index (Phi) is 4.36. The molecule has 0 aliphatic carbocycles. The van der Waals surface area contributed by atoms with Gasteiger partial charge in [0.15, 0.2) is 0 Å². The fourth-order valence-corrected chi connectivity index (χ4v) is 3.40. The third-order valence-electron chi connectivity index (χ3n) is 4.37. The summed E-state index contributed by atoms with van der Waals surface area (Å²) in [7, 11) is 0. The highest BCUT2D eigenvalue weighted by atomic mass is 79.9. The monoisotopic (exact) mass is 394 g/mol. The molecular formula is C21H16BrFN2. The topological polar surface area (TPSA) is 15.6 Å². The van der Waals surface area contributed by atoms with E-state index in [9.17, 15) is 4.39 Å². The molecule has 1 heterocycles. The summed E-state index contributed by atoms with van der Waals surface area (Å²) in [4.78, 5) is 0. The fourth-order valence-electron chi connectivity index (χ4n) is 3.13. The number of halogens is 2. The Balaban J connectivity index is 1.77. The molecule has 3 aromatic rings. The zero-order valence-electron chi connectivity index (χ0n) is 13.4. The van der Waals surface area contributed by atoms with Gasteiger partial charge in [0, 0.05) is 16.5 Å². The summed E-state index contributed by atoms with van der Waals surface area (Å²) < 4.78 is 15.5. The Hall–Kier alpha value is -2.46. The van der Waals surface area contributed by atoms with E-state index in [1.54, 1.807) is 6.07 Å². The van der Waals surface area contributed by atoms with E-state index in [4.69, 9.17) is 5.10 Å². The molecule has 0 bridgehead atoms. The Bertz CT molecular complexity index is 907. The van der Waals surface area contributed by atoms with Gasteiger partial charge in [0.1, 0.15) is 5.82 Å². The van der Waals surface area contributed by atoms with E-state index < -0.39 is 0 Å². The highest BCUT2D eigenvalue weighted by Gasteiger charge is 2.31. The number of anilines is 1. The third-order valence-corrected chi connectivity index (χ3v) is 4.90. The predicted octanol–water partition coefficient (Wildman–Crippen LogP) is 5.94. The van der Waals surface area contributed by atoms with Crippen LogP contribution in [0.5, 0.6) is 0 Å². The molecule has 0 spiro atoms. The van der Waals surface area contributed by atoms with Crippen molar-refractivity contribution < 1.29 is 4.39 Å². The predicted molar refractivity (Wildman–Crippen MR) is 103 cm³/mol. The first-order valence-electron chi connectivity index (χ1n) is 8.14. The van der Waals surface area contributed by atoms with E-state index in [-0.39, 0.29) is 11.9 Å². The summed E-state index contributed by atoms with van der Waals surface area (Å²) in [6.45, 7) is 0. The third kappa shape index (κ3) is 3.22. The van der Waals surface area contributed by atoms with Gasteiger partial charge in [-0.1, -0.05) is 64.5 Å². The van der Waals surface area contributed by atoms with Crippen molar-refractivity contribution in [3.63, 3.8) is 0 Å². The van der Waals surface area contributed by atoms with E-state index in [1.165, 1.54) is 6.07 Å². The number of rotatable bonds is 3. The molecule has 1 atom stereocenters. The zero-order chi connectivity index (χ0) is 17.2. The van der Waals surface area contributed by atoms with Crippen molar-refractivity contribution >= 4 is 27.3 Å². The van der Waals surface area contributed by atoms with Crippen LogP contribution in [0.25, 0.3) is 0 Å². The Labute approximate surface area is 154 Å². The molecule has 0 radical (unpaired) electrons. The standard InChI is InChI=1S/C21H16BrFN2/c22-16-12-10-15(11-13-16)20-14-21(18-8-4-5-9-19(18)23)25(24-20)17-6-2-1-3-7-17/h1-13,21H,14H2. The first-order chi connectivity index (χ1) is 12.2. The zero-order valence-corrected chi connectivity index (χ0v) is 15.0. The van der Waals surface area contributed by atoms with Crippen LogP contribution in [0.3, 0.4) is 0 Å². The molecule has 1 unspecified atom stereocenters. The van der Waals surface area contributed by atoms with Gasteiger partial charge in [0.05, 0.1) is 17.4 Å². The molecule has 25 heavy (non-hydrogen) atoms. The number of nitrogens with zero attached hydrogens (tertiary/aromatic N) is 2. The second-order valence-electron chi connectivity index (χ2n) is 5.98. The average Bonchev–Trinajstić information content (AvgIpc) is 3.08. The SMILES string of the molecule is Fc1ccccc1C1CC(c2ccc(Br)cc2)=NN1c1ccccc1. The molecule has 0 saturated carbocycles. The molecule has 0 aromatic heterocycles. The van der Waals surface area contributed by atoms with E-state index in [0.29, 0.717) is 12.0 Å². The van der Waals surface area contributed by atoms with Gasteiger partial charge in [0.2, 0.25) is 0 Å². The Morgan fingerprint density at radius 2 is 1.56 bits per heavy atom. The molecule has 4 heteroatoms. The van der Waals surface area contributed by atoms with Gasteiger partial charge in [0.25, 0.3) is 0 Å². The van der Waals surface area contributed by atoms with Crippen LogP contribution in [0.2, 0.25) is 0 Å². The first-order valence-corrected chi connectivity index (χ1v) is 8.94. The lowest BCUT2D eigenvalue weighted by Gasteiger charge is -2.24. The highest BCUT2D eigenvalue weighted by Crippen LogP contribution is 2.37. The first kappa shape index (κ1) is 16.0. The molecule has 0 amide bonds. The van der Waals surface area contributed by atoms with Gasteiger partial charge in [-0.15, -0.1) is 0 Å². The Morgan fingerprint density at radius 1 is 0.880 bits per heavy atom. The lowest BCUT2D eigenvalue weighted by molar-refractivity contribution is 0.579. The van der Waals surface area contributed by atoms with Crippen LogP contribution in [0.1, 0.15) is 23.6 Å². The van der Waals surface area contributed by atoms with Crippen molar-refractivity contribution in [1.82, 2.24) is 0 Å². The molecule has 3 aromatic carbocycles. The summed E-state index contributed by atoms with van der Waals surface area (Å²) >= 11 is 3.46. The molecule has 1 aliphatic heterocycles. The molecule has 1 aliphatic rings. The smallest absolute Gasteiger partial charge is 0.128 e. The normalized spacial score (nSPS) is 16.8. The summed E-state index contributed by atoms with van der Waals surface area (Å²) in [6.07, 6.45) is 0.664. The largest absolute Gasteiger partial charge is 0.257 e. The maximum Gasteiger partial charge on any atom is 0.128 e. The van der Waals surface area contributed by atoms with Crippen molar-refractivity contribution in [2.24, 2.45) is 5.10 Å². The molecule has 0 saturated heterocycles. The molecule has 4 rings (SSSR count). The van der Waals surface area contributed by atoms with Crippen LogP contribution in [-0.2, 0) is 0 Å². The molecule has 124 valence electrons. The molecule has 2 nitrogen and oxygen atoms in total. The Morgan fingerprint density at radius 3 is 2.28 bits per heavy atom. The van der Waals surface area contributed by atoms with Crippen molar-refractivity contribution in [3.8, 4) is 0 Å². The van der Waals surface area contributed by atoms with Gasteiger partial charge in [-0.25, -0.2) is 4.39 Å². The van der Waals surface area contributed by atoms with Crippen LogP contribution < -0.4 is 5.01 Å². The van der Waals surface area contributed by atoms with Crippen molar-refractivity contribution in [1.29, 1.82) is 0 Å².